The third-order valence-corrected chi connectivity index (χ3v) is 3.76. The summed E-state index contributed by atoms with van der Waals surface area (Å²) in [6.07, 6.45) is 4.96. The monoisotopic (exact) mass is 192 g/mol. The first-order chi connectivity index (χ1) is 5.62. The Balaban J connectivity index is 3.48. The Hall–Kier alpha value is -0.0500. The molecule has 12 heavy (non-hydrogen) atoms. The van der Waals surface area contributed by atoms with E-state index in [-0.39, 0.29) is 0 Å². The minimum atomic E-state index is -2.71. The summed E-state index contributed by atoms with van der Waals surface area (Å²) < 4.78 is 22.4. The van der Waals surface area contributed by atoms with Crippen molar-refractivity contribution in [2.75, 3.05) is 11.5 Å². The summed E-state index contributed by atoms with van der Waals surface area (Å²) in [6, 6.07) is 0. The van der Waals surface area contributed by atoms with Gasteiger partial charge in [0.25, 0.3) is 0 Å². The van der Waals surface area contributed by atoms with Crippen LogP contribution in [0.5, 0.6) is 0 Å². The van der Waals surface area contributed by atoms with E-state index in [1.165, 1.54) is 0 Å². The van der Waals surface area contributed by atoms with E-state index in [0.29, 0.717) is 11.5 Å². The quantitative estimate of drug-likeness (QED) is 0.580. The van der Waals surface area contributed by atoms with Gasteiger partial charge in [-0.15, -0.1) is 0 Å². The fourth-order valence-electron chi connectivity index (χ4n) is 1.16. The molecule has 0 aliphatic carbocycles. The molecule has 0 aliphatic heterocycles. The highest BCUT2D eigenvalue weighted by atomic mass is 32.2. The normalized spacial score (nSPS) is 11.8. The molecule has 0 radical (unpaired) electrons. The molecule has 0 aromatic heterocycles. The smallest absolute Gasteiger partial charge is 0.150 e. The maximum atomic E-state index is 11.2. The van der Waals surface area contributed by atoms with E-state index >= 15 is 0 Å². The number of hydrogen-bond acceptors (Lipinski definition) is 2. The van der Waals surface area contributed by atoms with E-state index in [9.17, 15) is 8.42 Å². The first kappa shape index (κ1) is 11.9. The Morgan fingerprint density at radius 1 is 0.833 bits per heavy atom. The first-order valence-corrected chi connectivity index (χ1v) is 6.65. The highest BCUT2D eigenvalue weighted by molar-refractivity contribution is 7.91. The van der Waals surface area contributed by atoms with Gasteiger partial charge in [0.05, 0.1) is 5.75 Å². The van der Waals surface area contributed by atoms with Crippen LogP contribution < -0.4 is 0 Å². The second-order valence-corrected chi connectivity index (χ2v) is 5.52. The van der Waals surface area contributed by atoms with Gasteiger partial charge in [0, 0.05) is 5.75 Å². The van der Waals surface area contributed by atoms with E-state index in [1.807, 2.05) is 6.92 Å². The lowest BCUT2D eigenvalue weighted by atomic mass is 10.2. The second kappa shape index (κ2) is 6.46. The van der Waals surface area contributed by atoms with Gasteiger partial charge < -0.3 is 0 Å². The van der Waals surface area contributed by atoms with Crippen LogP contribution in [-0.2, 0) is 9.84 Å². The van der Waals surface area contributed by atoms with Crippen molar-refractivity contribution >= 4 is 9.84 Å². The van der Waals surface area contributed by atoms with Gasteiger partial charge in [-0.25, -0.2) is 8.42 Å². The van der Waals surface area contributed by atoms with Crippen LogP contribution in [0, 0.1) is 0 Å². The average molecular weight is 192 g/mol. The summed E-state index contributed by atoms with van der Waals surface area (Å²) in [7, 11) is -2.71. The van der Waals surface area contributed by atoms with Gasteiger partial charge in [0.1, 0.15) is 9.84 Å². The van der Waals surface area contributed by atoms with Crippen molar-refractivity contribution in [1.82, 2.24) is 0 Å². The summed E-state index contributed by atoms with van der Waals surface area (Å²) in [5.74, 6) is 0.750. The number of sulfone groups is 1. The van der Waals surface area contributed by atoms with Gasteiger partial charge >= 0.3 is 0 Å². The SMILES string of the molecule is CCCCCCS(=O)(=O)CCC. The maximum absolute atomic E-state index is 11.2. The van der Waals surface area contributed by atoms with Crippen LogP contribution in [-0.4, -0.2) is 19.9 Å². The zero-order valence-electron chi connectivity index (χ0n) is 8.17. The minimum Gasteiger partial charge on any atom is -0.229 e. The van der Waals surface area contributed by atoms with Crippen molar-refractivity contribution in [2.24, 2.45) is 0 Å². The molecular formula is C9H20O2S. The van der Waals surface area contributed by atoms with E-state index in [0.717, 1.165) is 32.1 Å². The predicted molar refractivity (Wildman–Crippen MR) is 53.1 cm³/mol. The maximum Gasteiger partial charge on any atom is 0.150 e. The fourth-order valence-corrected chi connectivity index (χ4v) is 2.63. The van der Waals surface area contributed by atoms with Gasteiger partial charge in [0.2, 0.25) is 0 Å². The first-order valence-electron chi connectivity index (χ1n) is 4.82. The lowest BCUT2D eigenvalue weighted by molar-refractivity contribution is 0.587. The summed E-state index contributed by atoms with van der Waals surface area (Å²) >= 11 is 0. The van der Waals surface area contributed by atoms with E-state index in [1.54, 1.807) is 0 Å². The Morgan fingerprint density at radius 3 is 2.00 bits per heavy atom. The molecule has 3 heteroatoms. The van der Waals surface area contributed by atoms with E-state index in [2.05, 4.69) is 6.92 Å². The molecule has 0 atom stereocenters. The summed E-state index contributed by atoms with van der Waals surface area (Å²) in [5, 5.41) is 0. The summed E-state index contributed by atoms with van der Waals surface area (Å²) in [4.78, 5) is 0. The Labute approximate surface area is 76.3 Å². The van der Waals surface area contributed by atoms with Crippen molar-refractivity contribution in [3.8, 4) is 0 Å². The molecule has 0 spiro atoms. The van der Waals surface area contributed by atoms with Crippen LogP contribution in [0.1, 0.15) is 46.0 Å². The number of hydrogen-bond donors (Lipinski definition) is 0. The predicted octanol–water partition coefficient (Wildman–Crippen LogP) is 2.39. The van der Waals surface area contributed by atoms with Crippen LogP contribution in [0.25, 0.3) is 0 Å². The molecule has 0 unspecified atom stereocenters. The molecule has 0 heterocycles. The van der Waals surface area contributed by atoms with Gasteiger partial charge in [-0.05, 0) is 12.8 Å². The molecule has 0 N–H and O–H groups in total. The molecule has 0 saturated heterocycles. The molecule has 0 aliphatic rings. The summed E-state index contributed by atoms with van der Waals surface area (Å²) in [5.41, 5.74) is 0. The molecule has 0 saturated carbocycles. The van der Waals surface area contributed by atoms with Gasteiger partial charge in [-0.1, -0.05) is 33.1 Å². The van der Waals surface area contributed by atoms with Crippen molar-refractivity contribution in [2.45, 2.75) is 46.0 Å². The van der Waals surface area contributed by atoms with E-state index < -0.39 is 9.84 Å². The van der Waals surface area contributed by atoms with Crippen LogP contribution in [0.3, 0.4) is 0 Å². The largest absolute Gasteiger partial charge is 0.229 e. The Kier molecular flexibility index (Phi) is 6.44. The van der Waals surface area contributed by atoms with Crippen molar-refractivity contribution in [3.63, 3.8) is 0 Å². The Morgan fingerprint density at radius 2 is 1.50 bits per heavy atom. The summed E-state index contributed by atoms with van der Waals surface area (Å²) in [6.45, 7) is 4.03. The molecule has 0 aromatic rings. The lowest BCUT2D eigenvalue weighted by Crippen LogP contribution is -2.10. The number of unbranched alkanes of at least 4 members (excludes halogenated alkanes) is 3. The highest BCUT2D eigenvalue weighted by Gasteiger charge is 2.07. The molecule has 0 amide bonds. The third kappa shape index (κ3) is 6.65. The number of rotatable bonds is 7. The molecule has 74 valence electrons. The van der Waals surface area contributed by atoms with E-state index in [4.69, 9.17) is 0 Å². The average Bonchev–Trinajstić information content (AvgIpc) is 1.98. The molecular weight excluding hydrogens is 172 g/mol. The van der Waals surface area contributed by atoms with Gasteiger partial charge in [0.15, 0.2) is 0 Å². The van der Waals surface area contributed by atoms with Crippen LogP contribution in [0.15, 0.2) is 0 Å². The molecule has 0 aromatic carbocycles. The van der Waals surface area contributed by atoms with Crippen LogP contribution >= 0.6 is 0 Å². The Bertz CT molecular complexity index is 183. The van der Waals surface area contributed by atoms with Crippen molar-refractivity contribution < 1.29 is 8.42 Å². The zero-order chi connectivity index (χ0) is 9.45. The lowest BCUT2D eigenvalue weighted by Gasteiger charge is -2.01. The molecule has 2 nitrogen and oxygen atoms in total. The zero-order valence-corrected chi connectivity index (χ0v) is 8.99. The fraction of sp³-hybridized carbons (Fsp3) is 1.00. The highest BCUT2D eigenvalue weighted by Crippen LogP contribution is 2.03. The second-order valence-electron chi connectivity index (χ2n) is 3.21. The molecule has 0 bridgehead atoms. The van der Waals surface area contributed by atoms with Gasteiger partial charge in [-0.3, -0.25) is 0 Å². The third-order valence-electron chi connectivity index (χ3n) is 1.82. The molecule has 0 rings (SSSR count). The van der Waals surface area contributed by atoms with Crippen molar-refractivity contribution in [3.05, 3.63) is 0 Å². The van der Waals surface area contributed by atoms with Gasteiger partial charge in [-0.2, -0.15) is 0 Å². The van der Waals surface area contributed by atoms with Crippen LogP contribution in [0.4, 0.5) is 0 Å². The minimum absolute atomic E-state index is 0.360. The van der Waals surface area contributed by atoms with Crippen molar-refractivity contribution in [1.29, 1.82) is 0 Å². The standard InChI is InChI=1S/C9H20O2S/c1-3-5-6-7-9-12(10,11)8-4-2/h3-9H2,1-2H3. The molecule has 0 fully saturated rings. The van der Waals surface area contributed by atoms with Crippen LogP contribution in [0.2, 0.25) is 0 Å². The topological polar surface area (TPSA) is 34.1 Å².